The summed E-state index contributed by atoms with van der Waals surface area (Å²) in [4.78, 5) is 14.7. The first-order valence-electron chi connectivity index (χ1n) is 8.12. The molecule has 4 nitrogen and oxygen atoms in total. The van der Waals surface area contributed by atoms with Gasteiger partial charge in [-0.3, -0.25) is 4.90 Å². The number of rotatable bonds is 3. The molecule has 2 aromatic carbocycles. The fourth-order valence-corrected chi connectivity index (χ4v) is 3.81. The molecule has 0 bridgehead atoms. The van der Waals surface area contributed by atoms with Crippen LogP contribution in [0, 0.1) is 0 Å². The Labute approximate surface area is 141 Å². The Morgan fingerprint density at radius 1 is 1.12 bits per heavy atom. The standard InChI is InChI=1S/C20H20N2O2/c1-21-17-11-7-6-10-15(17)16-13-22(12-14-8-4-3-5-9-14)19(18(16)21)20(23)24-2/h3-11,19H,12-13H2,1-2H3. The number of aromatic nitrogens is 1. The summed E-state index contributed by atoms with van der Waals surface area (Å²) in [6.45, 7) is 1.48. The summed E-state index contributed by atoms with van der Waals surface area (Å²) in [6.07, 6.45) is 0. The maximum Gasteiger partial charge on any atom is 0.329 e. The number of carbonyl (C=O) groups excluding carboxylic acids is 1. The van der Waals surface area contributed by atoms with Crippen molar-refractivity contribution in [3.05, 3.63) is 71.4 Å². The molecule has 0 saturated carbocycles. The van der Waals surface area contributed by atoms with E-state index in [1.807, 2.05) is 31.3 Å². The van der Waals surface area contributed by atoms with Crippen LogP contribution in [0.3, 0.4) is 0 Å². The summed E-state index contributed by atoms with van der Waals surface area (Å²) in [7, 11) is 3.49. The predicted octanol–water partition coefficient (Wildman–Crippen LogP) is 3.41. The van der Waals surface area contributed by atoms with E-state index in [1.54, 1.807) is 0 Å². The van der Waals surface area contributed by atoms with Crippen LogP contribution < -0.4 is 0 Å². The Hall–Kier alpha value is -2.59. The number of ether oxygens (including phenoxy) is 1. The Bertz CT molecular complexity index is 899. The second-order valence-corrected chi connectivity index (χ2v) is 6.26. The van der Waals surface area contributed by atoms with E-state index in [2.05, 4.69) is 39.8 Å². The molecule has 0 spiro atoms. The van der Waals surface area contributed by atoms with Gasteiger partial charge in [0.1, 0.15) is 6.04 Å². The van der Waals surface area contributed by atoms with E-state index < -0.39 is 0 Å². The van der Waals surface area contributed by atoms with Gasteiger partial charge in [0.05, 0.1) is 12.8 Å². The number of nitrogens with zero attached hydrogens (tertiary/aromatic N) is 2. The number of benzene rings is 2. The van der Waals surface area contributed by atoms with Crippen molar-refractivity contribution in [3.8, 4) is 0 Å². The molecule has 3 aromatic rings. The zero-order chi connectivity index (χ0) is 16.7. The first-order chi connectivity index (χ1) is 11.7. The van der Waals surface area contributed by atoms with Gasteiger partial charge >= 0.3 is 5.97 Å². The Balaban J connectivity index is 1.80. The topological polar surface area (TPSA) is 34.5 Å². The van der Waals surface area contributed by atoms with Crippen molar-refractivity contribution < 1.29 is 9.53 Å². The fourth-order valence-electron chi connectivity index (χ4n) is 3.81. The largest absolute Gasteiger partial charge is 0.468 e. The monoisotopic (exact) mass is 320 g/mol. The fraction of sp³-hybridized carbons (Fsp3) is 0.250. The lowest BCUT2D eigenvalue weighted by Crippen LogP contribution is -2.30. The smallest absolute Gasteiger partial charge is 0.329 e. The van der Waals surface area contributed by atoms with Crippen LogP contribution in [0.15, 0.2) is 54.6 Å². The molecule has 122 valence electrons. The molecule has 0 N–H and O–H groups in total. The lowest BCUT2D eigenvalue weighted by Gasteiger charge is -2.24. The molecule has 1 aromatic heterocycles. The highest BCUT2D eigenvalue weighted by Gasteiger charge is 2.40. The molecule has 4 heteroatoms. The third-order valence-corrected chi connectivity index (χ3v) is 4.90. The zero-order valence-electron chi connectivity index (χ0n) is 13.9. The minimum Gasteiger partial charge on any atom is -0.468 e. The first kappa shape index (κ1) is 15.0. The van der Waals surface area contributed by atoms with Gasteiger partial charge in [-0.1, -0.05) is 48.5 Å². The summed E-state index contributed by atoms with van der Waals surface area (Å²) < 4.78 is 7.25. The quantitative estimate of drug-likeness (QED) is 0.694. The van der Waals surface area contributed by atoms with Gasteiger partial charge in [0.25, 0.3) is 0 Å². The van der Waals surface area contributed by atoms with Crippen molar-refractivity contribution in [2.75, 3.05) is 7.11 Å². The van der Waals surface area contributed by atoms with Gasteiger partial charge in [-0.15, -0.1) is 0 Å². The number of hydrogen-bond acceptors (Lipinski definition) is 3. The van der Waals surface area contributed by atoms with E-state index in [0.717, 1.165) is 24.3 Å². The van der Waals surface area contributed by atoms with Crippen LogP contribution in [0.25, 0.3) is 10.9 Å². The molecule has 0 amide bonds. The average molecular weight is 320 g/mol. The van der Waals surface area contributed by atoms with Crippen LogP contribution in [0.1, 0.15) is 22.9 Å². The lowest BCUT2D eigenvalue weighted by molar-refractivity contribution is -0.147. The van der Waals surface area contributed by atoms with E-state index in [-0.39, 0.29) is 12.0 Å². The van der Waals surface area contributed by atoms with E-state index in [0.29, 0.717) is 0 Å². The van der Waals surface area contributed by atoms with Crippen LogP contribution >= 0.6 is 0 Å². The Morgan fingerprint density at radius 3 is 2.58 bits per heavy atom. The molecule has 2 heterocycles. The van der Waals surface area contributed by atoms with Crippen LogP contribution in [0.5, 0.6) is 0 Å². The molecule has 24 heavy (non-hydrogen) atoms. The van der Waals surface area contributed by atoms with Crippen molar-refractivity contribution in [2.24, 2.45) is 7.05 Å². The van der Waals surface area contributed by atoms with E-state index in [4.69, 9.17) is 4.74 Å². The number of aryl methyl sites for hydroxylation is 1. The molecule has 1 aliphatic heterocycles. The maximum absolute atomic E-state index is 12.5. The van der Waals surface area contributed by atoms with Crippen LogP contribution in [-0.4, -0.2) is 22.5 Å². The number of para-hydroxylation sites is 1. The number of fused-ring (bicyclic) bond motifs is 3. The van der Waals surface area contributed by atoms with Gasteiger partial charge in [-0.2, -0.15) is 0 Å². The summed E-state index contributed by atoms with van der Waals surface area (Å²) in [5.41, 5.74) is 4.65. The second-order valence-electron chi connectivity index (χ2n) is 6.26. The van der Waals surface area contributed by atoms with Crippen molar-refractivity contribution >= 4 is 16.9 Å². The van der Waals surface area contributed by atoms with E-state index in [9.17, 15) is 4.79 Å². The number of carbonyl (C=O) groups is 1. The molecule has 0 fully saturated rings. The molecule has 1 atom stereocenters. The summed E-state index contributed by atoms with van der Waals surface area (Å²) in [5, 5.41) is 1.22. The third kappa shape index (κ3) is 2.22. The Kier molecular flexibility index (Phi) is 3.62. The zero-order valence-corrected chi connectivity index (χ0v) is 13.9. The molecule has 0 saturated heterocycles. The molecule has 4 rings (SSSR count). The van der Waals surface area contributed by atoms with Gasteiger partial charge in [-0.05, 0) is 17.2 Å². The van der Waals surface area contributed by atoms with Crippen LogP contribution in [0.4, 0.5) is 0 Å². The summed E-state index contributed by atoms with van der Waals surface area (Å²) in [5.74, 6) is -0.199. The van der Waals surface area contributed by atoms with Crippen molar-refractivity contribution in [3.63, 3.8) is 0 Å². The van der Waals surface area contributed by atoms with Crippen molar-refractivity contribution in [1.82, 2.24) is 9.47 Å². The Morgan fingerprint density at radius 2 is 1.83 bits per heavy atom. The molecule has 0 aliphatic carbocycles. The molecule has 1 unspecified atom stereocenters. The van der Waals surface area contributed by atoms with Gasteiger partial charge < -0.3 is 9.30 Å². The van der Waals surface area contributed by atoms with Gasteiger partial charge in [0.2, 0.25) is 0 Å². The third-order valence-electron chi connectivity index (χ3n) is 4.90. The number of esters is 1. The maximum atomic E-state index is 12.5. The van der Waals surface area contributed by atoms with E-state index >= 15 is 0 Å². The minimum absolute atomic E-state index is 0.199. The molecule has 0 radical (unpaired) electrons. The average Bonchev–Trinajstić information content (AvgIpc) is 3.11. The molecular formula is C20H20N2O2. The van der Waals surface area contributed by atoms with E-state index in [1.165, 1.54) is 23.6 Å². The predicted molar refractivity (Wildman–Crippen MR) is 93.4 cm³/mol. The van der Waals surface area contributed by atoms with Gasteiger partial charge in [-0.25, -0.2) is 4.79 Å². The highest BCUT2D eigenvalue weighted by molar-refractivity contribution is 5.90. The first-order valence-corrected chi connectivity index (χ1v) is 8.12. The lowest BCUT2D eigenvalue weighted by atomic mass is 10.1. The van der Waals surface area contributed by atoms with Crippen LogP contribution in [-0.2, 0) is 29.7 Å². The second kappa shape index (κ2) is 5.80. The summed E-state index contributed by atoms with van der Waals surface area (Å²) >= 11 is 0. The van der Waals surface area contributed by atoms with Crippen molar-refractivity contribution in [1.29, 1.82) is 0 Å². The highest BCUT2D eigenvalue weighted by atomic mass is 16.5. The minimum atomic E-state index is -0.359. The normalized spacial score (nSPS) is 17.2. The number of methoxy groups -OCH3 is 1. The van der Waals surface area contributed by atoms with Crippen LogP contribution in [0.2, 0.25) is 0 Å². The van der Waals surface area contributed by atoms with Gasteiger partial charge in [0.15, 0.2) is 0 Å². The number of hydrogen-bond donors (Lipinski definition) is 0. The SMILES string of the molecule is COC(=O)C1c2c(c3ccccc3n2C)CN1Cc1ccccc1. The van der Waals surface area contributed by atoms with Crippen molar-refractivity contribution in [2.45, 2.75) is 19.1 Å². The molecule has 1 aliphatic rings. The summed E-state index contributed by atoms with van der Waals surface area (Å²) in [6, 6.07) is 18.2. The molecular weight excluding hydrogens is 300 g/mol. The van der Waals surface area contributed by atoms with Gasteiger partial charge in [0, 0.05) is 31.0 Å². The highest BCUT2D eigenvalue weighted by Crippen LogP contribution is 2.41.